The molecule has 0 spiro atoms. The molecule has 1 amide bonds. The Balaban J connectivity index is 0.00000261. The minimum Gasteiger partial charge on any atom is -0.308 e. The lowest BCUT2D eigenvalue weighted by molar-refractivity contribution is -0.118. The van der Waals surface area contributed by atoms with E-state index in [0.717, 1.165) is 32.3 Å². The van der Waals surface area contributed by atoms with E-state index in [4.69, 9.17) is 16.6 Å². The Labute approximate surface area is 179 Å². The summed E-state index contributed by atoms with van der Waals surface area (Å²) in [5, 5.41) is 0.767. The fourth-order valence-electron chi connectivity index (χ4n) is 2.79. The summed E-state index contributed by atoms with van der Waals surface area (Å²) < 4.78 is 1.83. The molecule has 0 aliphatic carbocycles. The molecule has 0 saturated carbocycles. The molecule has 2 heterocycles. The topological polar surface area (TPSA) is 36.4 Å². The van der Waals surface area contributed by atoms with Gasteiger partial charge in [-0.2, -0.15) is 0 Å². The zero-order valence-electron chi connectivity index (χ0n) is 15.8. The first kappa shape index (κ1) is 22.1. The number of amides is 1. The van der Waals surface area contributed by atoms with Crippen LogP contribution >= 0.6 is 46.7 Å². The number of fused-ring (bicyclic) bond motifs is 1. The molecule has 146 valence electrons. The predicted octanol–water partition coefficient (Wildman–Crippen LogP) is 5.19. The molecule has 0 aliphatic heterocycles. The minimum atomic E-state index is 0. The maximum atomic E-state index is 13.0. The number of rotatable bonds is 6. The van der Waals surface area contributed by atoms with Gasteiger partial charge in [0.25, 0.3) is 0 Å². The van der Waals surface area contributed by atoms with E-state index in [9.17, 15) is 4.79 Å². The molecule has 0 saturated heterocycles. The Bertz CT molecular complexity index is 936. The number of carbonyl (C=O) groups is 1. The normalized spacial score (nSPS) is 11.0. The number of nitrogens with zero attached hydrogens (tertiary/aromatic N) is 3. The number of carbonyl (C=O) groups excluding carboxylic acids is 1. The molecule has 3 aromatic rings. The van der Waals surface area contributed by atoms with Crippen LogP contribution in [0.1, 0.15) is 16.0 Å². The van der Waals surface area contributed by atoms with Gasteiger partial charge in [-0.05, 0) is 57.3 Å². The highest BCUT2D eigenvalue weighted by atomic mass is 35.5. The molecule has 0 bridgehead atoms. The summed E-state index contributed by atoms with van der Waals surface area (Å²) in [6, 6.07) is 8.02. The van der Waals surface area contributed by atoms with E-state index in [0.29, 0.717) is 17.3 Å². The first-order chi connectivity index (χ1) is 12.3. The molecule has 0 radical (unpaired) electrons. The van der Waals surface area contributed by atoms with Crippen LogP contribution in [0.15, 0.2) is 24.3 Å². The molecule has 0 unspecified atom stereocenters. The quantitative estimate of drug-likeness (QED) is 0.525. The first-order valence-corrected chi connectivity index (χ1v) is 10.4. The second kappa shape index (κ2) is 9.34. The van der Waals surface area contributed by atoms with E-state index < -0.39 is 0 Å². The van der Waals surface area contributed by atoms with Crippen LogP contribution in [0.3, 0.4) is 0 Å². The Hall–Kier alpha value is -1.18. The highest BCUT2D eigenvalue weighted by molar-refractivity contribution is 7.22. The number of hydrogen-bond acceptors (Lipinski definition) is 5. The zero-order chi connectivity index (χ0) is 18.8. The van der Waals surface area contributed by atoms with Gasteiger partial charge in [-0.25, -0.2) is 4.98 Å². The second-order valence-corrected chi connectivity index (χ2v) is 9.46. The van der Waals surface area contributed by atoms with Crippen LogP contribution in [0.2, 0.25) is 4.34 Å². The number of aromatic nitrogens is 1. The molecule has 0 aliphatic rings. The molecule has 0 N–H and O–H groups in total. The van der Waals surface area contributed by atoms with Crippen LogP contribution < -0.4 is 4.90 Å². The molecule has 8 heteroatoms. The maximum Gasteiger partial charge on any atom is 0.234 e. The van der Waals surface area contributed by atoms with E-state index in [1.807, 2.05) is 31.1 Å². The van der Waals surface area contributed by atoms with Crippen molar-refractivity contribution in [1.82, 2.24) is 9.88 Å². The Morgan fingerprint density at radius 2 is 1.89 bits per heavy atom. The number of anilines is 1. The van der Waals surface area contributed by atoms with Crippen molar-refractivity contribution in [3.63, 3.8) is 0 Å². The van der Waals surface area contributed by atoms with Gasteiger partial charge in [-0.3, -0.25) is 9.69 Å². The fourth-order valence-corrected chi connectivity index (χ4v) is 5.06. The summed E-state index contributed by atoms with van der Waals surface area (Å²) in [5.41, 5.74) is 3.34. The minimum absolute atomic E-state index is 0. The van der Waals surface area contributed by atoms with Crippen molar-refractivity contribution in [2.45, 2.75) is 20.3 Å². The third kappa shape index (κ3) is 5.42. The van der Waals surface area contributed by atoms with Crippen LogP contribution in [-0.2, 0) is 11.2 Å². The van der Waals surface area contributed by atoms with Crippen molar-refractivity contribution in [2.75, 3.05) is 32.1 Å². The number of thiophene rings is 1. The largest absolute Gasteiger partial charge is 0.308 e. The Morgan fingerprint density at radius 3 is 2.52 bits per heavy atom. The van der Waals surface area contributed by atoms with Crippen LogP contribution in [0.4, 0.5) is 5.13 Å². The van der Waals surface area contributed by atoms with Gasteiger partial charge in [0, 0.05) is 18.0 Å². The van der Waals surface area contributed by atoms with Crippen LogP contribution in [0, 0.1) is 13.8 Å². The highest BCUT2D eigenvalue weighted by Gasteiger charge is 2.21. The number of likely N-dealkylation sites (N-methyl/N-ethyl adjacent to an activating group) is 1. The summed E-state index contributed by atoms with van der Waals surface area (Å²) in [7, 11) is 4.01. The SMILES string of the molecule is Cc1cc(C)c2nc(N(CCN(C)C)C(=O)Cc3ccc(Cl)s3)sc2c1.Cl. The van der Waals surface area contributed by atoms with Gasteiger partial charge in [-0.1, -0.05) is 29.0 Å². The lowest BCUT2D eigenvalue weighted by atomic mass is 10.1. The van der Waals surface area contributed by atoms with Gasteiger partial charge >= 0.3 is 0 Å². The molecule has 4 nitrogen and oxygen atoms in total. The third-order valence-electron chi connectivity index (χ3n) is 4.08. The molecule has 2 aromatic heterocycles. The Kier molecular flexibility index (Phi) is 7.65. The highest BCUT2D eigenvalue weighted by Crippen LogP contribution is 2.32. The molecular formula is C19H23Cl2N3OS2. The average Bonchev–Trinajstić information content (AvgIpc) is 3.13. The lowest BCUT2D eigenvalue weighted by Gasteiger charge is -2.21. The maximum absolute atomic E-state index is 13.0. The van der Waals surface area contributed by atoms with Crippen molar-refractivity contribution in [2.24, 2.45) is 0 Å². The molecule has 0 atom stereocenters. The summed E-state index contributed by atoms with van der Waals surface area (Å²) in [5.74, 6) is 0.0544. The summed E-state index contributed by atoms with van der Waals surface area (Å²) in [6.07, 6.45) is 0.346. The zero-order valence-corrected chi connectivity index (χ0v) is 19.0. The summed E-state index contributed by atoms with van der Waals surface area (Å²) in [4.78, 5) is 22.6. The smallest absolute Gasteiger partial charge is 0.234 e. The fraction of sp³-hybridized carbons (Fsp3) is 0.368. The third-order valence-corrected chi connectivity index (χ3v) is 6.33. The number of thiazole rings is 1. The van der Waals surface area contributed by atoms with Crippen molar-refractivity contribution in [1.29, 1.82) is 0 Å². The van der Waals surface area contributed by atoms with Crippen molar-refractivity contribution in [3.05, 3.63) is 44.6 Å². The standard InChI is InChI=1S/C19H22ClN3OS2.ClH/c1-12-9-13(2)18-15(10-12)26-19(21-18)23(8-7-22(3)4)17(24)11-14-5-6-16(20)25-14;/h5-6,9-10H,7-8,11H2,1-4H3;1H. The van der Waals surface area contributed by atoms with Crippen molar-refractivity contribution < 1.29 is 4.79 Å². The monoisotopic (exact) mass is 443 g/mol. The number of hydrogen-bond donors (Lipinski definition) is 0. The van der Waals surface area contributed by atoms with Crippen LogP contribution in [0.25, 0.3) is 10.2 Å². The molecule has 1 aromatic carbocycles. The van der Waals surface area contributed by atoms with Gasteiger partial charge in [0.1, 0.15) is 0 Å². The molecule has 27 heavy (non-hydrogen) atoms. The van der Waals surface area contributed by atoms with E-state index in [1.165, 1.54) is 16.9 Å². The van der Waals surface area contributed by atoms with Crippen LogP contribution in [-0.4, -0.2) is 43.0 Å². The van der Waals surface area contributed by atoms with Gasteiger partial charge in [-0.15, -0.1) is 23.7 Å². The lowest BCUT2D eigenvalue weighted by Crippen LogP contribution is -2.37. The number of aryl methyl sites for hydroxylation is 2. The summed E-state index contributed by atoms with van der Waals surface area (Å²) in [6.45, 7) is 5.55. The number of benzene rings is 1. The van der Waals surface area contributed by atoms with E-state index >= 15 is 0 Å². The van der Waals surface area contributed by atoms with Gasteiger partial charge in [0.2, 0.25) is 5.91 Å². The van der Waals surface area contributed by atoms with Gasteiger partial charge < -0.3 is 4.90 Å². The average molecular weight is 444 g/mol. The van der Waals surface area contributed by atoms with Crippen molar-refractivity contribution in [3.8, 4) is 0 Å². The number of halogens is 2. The van der Waals surface area contributed by atoms with E-state index in [-0.39, 0.29) is 18.3 Å². The predicted molar refractivity (Wildman–Crippen MR) is 120 cm³/mol. The molecule has 0 fully saturated rings. The Morgan fingerprint density at radius 1 is 1.15 bits per heavy atom. The summed E-state index contributed by atoms with van der Waals surface area (Å²) >= 11 is 9.04. The first-order valence-electron chi connectivity index (χ1n) is 8.40. The van der Waals surface area contributed by atoms with Crippen molar-refractivity contribution >= 4 is 67.9 Å². The van der Waals surface area contributed by atoms with Crippen LogP contribution in [0.5, 0.6) is 0 Å². The van der Waals surface area contributed by atoms with Gasteiger partial charge in [0.05, 0.1) is 21.0 Å². The molecular weight excluding hydrogens is 421 g/mol. The van der Waals surface area contributed by atoms with E-state index in [1.54, 1.807) is 11.3 Å². The van der Waals surface area contributed by atoms with Gasteiger partial charge in [0.15, 0.2) is 5.13 Å². The van der Waals surface area contributed by atoms with E-state index in [2.05, 4.69) is 30.9 Å². The molecule has 3 rings (SSSR count). The second-order valence-electron chi connectivity index (χ2n) is 6.66.